The lowest BCUT2D eigenvalue weighted by Crippen LogP contribution is -2.08. The van der Waals surface area contributed by atoms with Gasteiger partial charge in [-0.1, -0.05) is 35.9 Å². The minimum absolute atomic E-state index is 0.0663. The average molecular weight is 366 g/mol. The summed E-state index contributed by atoms with van der Waals surface area (Å²) in [6, 6.07) is 19.7. The Morgan fingerprint density at radius 3 is 2.00 bits per heavy atom. The predicted molar refractivity (Wildman–Crippen MR) is 104 cm³/mol. The highest BCUT2D eigenvalue weighted by Crippen LogP contribution is 2.61. The molecule has 0 bridgehead atoms. The summed E-state index contributed by atoms with van der Waals surface area (Å²) in [6.45, 7) is 0. The molecule has 1 saturated carbocycles. The van der Waals surface area contributed by atoms with Crippen molar-refractivity contribution in [1.82, 2.24) is 0 Å². The maximum atomic E-state index is 12.9. The standard InChI is InChI=1S/C22H20ClNO2/c1-24(2)17-11-7-15(8-12-17)20-19(14-5-9-16(23)10-6-14)21(20)22(25)18-4-3-13-26-18/h3-13,19-21H,1-2H3/t19-,20-,21+/m1/s1. The van der Waals surface area contributed by atoms with Crippen LogP contribution in [0, 0.1) is 5.92 Å². The van der Waals surface area contributed by atoms with Gasteiger partial charge in [-0.05, 0) is 47.5 Å². The zero-order valence-corrected chi connectivity index (χ0v) is 15.5. The molecule has 26 heavy (non-hydrogen) atoms. The molecule has 1 heterocycles. The highest BCUT2D eigenvalue weighted by atomic mass is 35.5. The topological polar surface area (TPSA) is 33.5 Å². The summed E-state index contributed by atoms with van der Waals surface area (Å²) in [5.41, 5.74) is 3.47. The summed E-state index contributed by atoms with van der Waals surface area (Å²) in [6.07, 6.45) is 1.55. The van der Waals surface area contributed by atoms with Crippen molar-refractivity contribution in [2.75, 3.05) is 19.0 Å². The van der Waals surface area contributed by atoms with Crippen molar-refractivity contribution in [2.45, 2.75) is 11.8 Å². The molecule has 2 aromatic carbocycles. The van der Waals surface area contributed by atoms with Crippen LogP contribution in [0.2, 0.25) is 5.02 Å². The van der Waals surface area contributed by atoms with E-state index < -0.39 is 0 Å². The van der Waals surface area contributed by atoms with E-state index in [1.165, 1.54) is 5.56 Å². The van der Waals surface area contributed by atoms with Crippen LogP contribution in [0.15, 0.2) is 71.3 Å². The Morgan fingerprint density at radius 1 is 0.923 bits per heavy atom. The number of ketones is 1. The Balaban J connectivity index is 1.67. The van der Waals surface area contributed by atoms with Gasteiger partial charge in [0.25, 0.3) is 0 Å². The number of Topliss-reactive ketones (excluding diaryl/α,β-unsaturated/α-hetero) is 1. The minimum Gasteiger partial charge on any atom is -0.461 e. The van der Waals surface area contributed by atoms with Gasteiger partial charge in [0, 0.05) is 42.6 Å². The maximum absolute atomic E-state index is 12.9. The number of hydrogen-bond acceptors (Lipinski definition) is 3. The molecule has 0 spiro atoms. The molecule has 1 aliphatic rings. The third-order valence-corrected chi connectivity index (χ3v) is 5.39. The van der Waals surface area contributed by atoms with E-state index in [9.17, 15) is 4.79 Å². The van der Waals surface area contributed by atoms with Crippen LogP contribution in [0.1, 0.15) is 33.5 Å². The summed E-state index contributed by atoms with van der Waals surface area (Å²) in [7, 11) is 4.04. The SMILES string of the molecule is CN(C)c1ccc([C@H]2[C@@H](C(=O)c3ccco3)[C@@H]2c2ccc(Cl)cc2)cc1. The molecule has 4 rings (SSSR count). The molecular weight excluding hydrogens is 346 g/mol. The van der Waals surface area contributed by atoms with Crippen LogP contribution in [0.25, 0.3) is 0 Å². The summed E-state index contributed by atoms with van der Waals surface area (Å²) in [5.74, 6) is 0.700. The lowest BCUT2D eigenvalue weighted by molar-refractivity contribution is 0.0935. The van der Waals surface area contributed by atoms with E-state index in [2.05, 4.69) is 29.2 Å². The van der Waals surface area contributed by atoms with Gasteiger partial charge in [-0.15, -0.1) is 0 Å². The first-order valence-electron chi connectivity index (χ1n) is 8.67. The van der Waals surface area contributed by atoms with Gasteiger partial charge in [0.05, 0.1) is 6.26 Å². The van der Waals surface area contributed by atoms with Crippen molar-refractivity contribution in [1.29, 1.82) is 0 Å². The van der Waals surface area contributed by atoms with Crippen molar-refractivity contribution >= 4 is 23.1 Å². The third-order valence-electron chi connectivity index (χ3n) is 5.14. The highest BCUT2D eigenvalue weighted by molar-refractivity contribution is 6.30. The van der Waals surface area contributed by atoms with Crippen LogP contribution < -0.4 is 4.90 Å². The molecule has 3 aromatic rings. The second-order valence-electron chi connectivity index (χ2n) is 6.96. The number of hydrogen-bond donors (Lipinski definition) is 0. The zero-order valence-electron chi connectivity index (χ0n) is 14.7. The van der Waals surface area contributed by atoms with E-state index in [4.69, 9.17) is 16.0 Å². The lowest BCUT2D eigenvalue weighted by Gasteiger charge is -2.12. The van der Waals surface area contributed by atoms with E-state index in [1.54, 1.807) is 18.4 Å². The third kappa shape index (κ3) is 3.04. The van der Waals surface area contributed by atoms with Gasteiger partial charge >= 0.3 is 0 Å². The van der Waals surface area contributed by atoms with Crippen molar-refractivity contribution in [3.63, 3.8) is 0 Å². The minimum atomic E-state index is -0.104. The van der Waals surface area contributed by atoms with E-state index >= 15 is 0 Å². The molecule has 0 radical (unpaired) electrons. The Hall–Kier alpha value is -2.52. The molecule has 132 valence electrons. The molecule has 1 aromatic heterocycles. The molecule has 1 aliphatic carbocycles. The molecule has 3 atom stereocenters. The number of nitrogens with zero attached hydrogens (tertiary/aromatic N) is 1. The monoisotopic (exact) mass is 365 g/mol. The van der Waals surface area contributed by atoms with Gasteiger partial charge in [-0.2, -0.15) is 0 Å². The first-order valence-corrected chi connectivity index (χ1v) is 9.04. The molecule has 0 N–H and O–H groups in total. The number of furan rings is 1. The number of benzene rings is 2. The summed E-state index contributed by atoms with van der Waals surface area (Å²) in [4.78, 5) is 15.0. The number of carbonyl (C=O) groups is 1. The summed E-state index contributed by atoms with van der Waals surface area (Å²) < 4.78 is 5.36. The quantitative estimate of drug-likeness (QED) is 0.569. The largest absolute Gasteiger partial charge is 0.461 e. The molecular formula is C22H20ClNO2. The van der Waals surface area contributed by atoms with Crippen LogP contribution in [0.5, 0.6) is 0 Å². The van der Waals surface area contributed by atoms with Gasteiger partial charge in [-0.25, -0.2) is 0 Å². The molecule has 0 unspecified atom stereocenters. The van der Waals surface area contributed by atoms with E-state index in [-0.39, 0.29) is 23.5 Å². The summed E-state index contributed by atoms with van der Waals surface area (Å²) >= 11 is 6.03. The van der Waals surface area contributed by atoms with Crippen LogP contribution in [0.4, 0.5) is 5.69 Å². The van der Waals surface area contributed by atoms with Crippen LogP contribution in [-0.2, 0) is 0 Å². The average Bonchev–Trinajstić information content (AvgIpc) is 3.13. The lowest BCUT2D eigenvalue weighted by atomic mass is 10.0. The van der Waals surface area contributed by atoms with Gasteiger partial charge in [0.1, 0.15) is 0 Å². The molecule has 0 amide bonds. The van der Waals surface area contributed by atoms with Crippen molar-refractivity contribution in [3.05, 3.63) is 88.8 Å². The van der Waals surface area contributed by atoms with E-state index in [0.29, 0.717) is 10.8 Å². The summed E-state index contributed by atoms with van der Waals surface area (Å²) in [5, 5.41) is 0.704. The smallest absolute Gasteiger partial charge is 0.202 e. The van der Waals surface area contributed by atoms with Crippen molar-refractivity contribution < 1.29 is 9.21 Å². The molecule has 3 nitrogen and oxygen atoms in total. The van der Waals surface area contributed by atoms with Crippen molar-refractivity contribution in [2.24, 2.45) is 5.92 Å². The normalized spacial score (nSPS) is 21.4. The first-order chi connectivity index (χ1) is 12.6. The van der Waals surface area contributed by atoms with Crippen molar-refractivity contribution in [3.8, 4) is 0 Å². The number of carbonyl (C=O) groups excluding carboxylic acids is 1. The second-order valence-corrected chi connectivity index (χ2v) is 7.39. The Morgan fingerprint density at radius 2 is 1.50 bits per heavy atom. The van der Waals surface area contributed by atoms with Crippen LogP contribution in [0.3, 0.4) is 0 Å². The Bertz CT molecular complexity index is 898. The number of rotatable bonds is 5. The fourth-order valence-electron chi connectivity index (χ4n) is 3.73. The van der Waals surface area contributed by atoms with Crippen LogP contribution in [-0.4, -0.2) is 19.9 Å². The van der Waals surface area contributed by atoms with Gasteiger partial charge in [-0.3, -0.25) is 4.79 Å². The maximum Gasteiger partial charge on any atom is 0.202 e. The Kier molecular flexibility index (Phi) is 4.33. The fourth-order valence-corrected chi connectivity index (χ4v) is 3.86. The van der Waals surface area contributed by atoms with Gasteiger partial charge < -0.3 is 9.32 Å². The Labute approximate surface area is 158 Å². The zero-order chi connectivity index (χ0) is 18.3. The van der Waals surface area contributed by atoms with Gasteiger partial charge in [0.2, 0.25) is 5.78 Å². The molecule has 0 aliphatic heterocycles. The molecule has 1 fully saturated rings. The van der Waals surface area contributed by atoms with E-state index in [0.717, 1.165) is 11.3 Å². The van der Waals surface area contributed by atoms with E-state index in [1.807, 2.05) is 38.4 Å². The predicted octanol–water partition coefficient (Wildman–Crippen LogP) is 5.38. The first kappa shape index (κ1) is 16.9. The number of halogens is 1. The highest BCUT2D eigenvalue weighted by Gasteiger charge is 2.56. The molecule has 4 heteroatoms. The van der Waals surface area contributed by atoms with Crippen LogP contribution >= 0.6 is 11.6 Å². The van der Waals surface area contributed by atoms with Gasteiger partial charge in [0.15, 0.2) is 5.76 Å². The molecule has 0 saturated heterocycles. The number of anilines is 1. The second kappa shape index (κ2) is 6.65. The fraction of sp³-hybridized carbons (Fsp3) is 0.227.